The monoisotopic (exact) mass is 267 g/mol. The summed E-state index contributed by atoms with van der Waals surface area (Å²) >= 11 is 0. The van der Waals surface area contributed by atoms with Gasteiger partial charge in [0.25, 0.3) is 0 Å². The van der Waals surface area contributed by atoms with Crippen LogP contribution in [0, 0.1) is 0 Å². The quantitative estimate of drug-likeness (QED) is 0.351. The molecule has 6 nitrogen and oxygen atoms in total. The second-order valence-corrected chi connectivity index (χ2v) is 4.61. The third-order valence-electron chi connectivity index (χ3n) is 1.90. The Kier molecular flexibility index (Phi) is 4.85. The van der Waals surface area contributed by atoms with Gasteiger partial charge in [-0.1, -0.05) is 48.5 Å². The van der Waals surface area contributed by atoms with Crippen LogP contribution in [0.1, 0.15) is 0 Å². The molecule has 0 aromatic heterocycles. The number of hydrogen-bond donors (Lipinski definition) is 4. The minimum Gasteiger partial charge on any atom is -0.370 e. The van der Waals surface area contributed by atoms with Crippen molar-refractivity contribution in [3.05, 3.63) is 48.5 Å². The van der Waals surface area contributed by atoms with Gasteiger partial charge >= 0.3 is 7.75 Å². The van der Waals surface area contributed by atoms with E-state index < -0.39 is 13.7 Å². The summed E-state index contributed by atoms with van der Waals surface area (Å²) in [6.07, 6.45) is 0. The highest BCUT2D eigenvalue weighted by Gasteiger charge is 2.08. The lowest BCUT2D eigenvalue weighted by Gasteiger charge is -1.92. The molecule has 96 valence electrons. The average molecular weight is 267 g/mol. The molecular weight excluding hydrogens is 253 g/mol. The summed E-state index contributed by atoms with van der Waals surface area (Å²) in [6.45, 7) is 0. The van der Waals surface area contributed by atoms with Crippen LogP contribution in [0.25, 0.3) is 10.8 Å². The van der Waals surface area contributed by atoms with Crippen LogP contribution < -0.4 is 11.5 Å². The van der Waals surface area contributed by atoms with Crippen LogP contribution in [-0.2, 0) is 4.57 Å². The standard InChI is InChI=1S/C10H8.CH6N3O3P/c1-2-6-10-8-4-3-7-9(10)5-1;2-1(3)4-8(5,6)7/h1-8H;(H6,2,3,4,5,6,7). The van der Waals surface area contributed by atoms with E-state index in [1.807, 2.05) is 0 Å². The molecule has 0 radical (unpaired) electrons. The largest absolute Gasteiger partial charge is 0.451 e. The molecule has 6 N–H and O–H groups in total. The Bertz CT molecular complexity index is 525. The van der Waals surface area contributed by atoms with Gasteiger partial charge in [-0.2, -0.15) is 0 Å². The van der Waals surface area contributed by atoms with Crippen molar-refractivity contribution in [1.82, 2.24) is 0 Å². The van der Waals surface area contributed by atoms with Crippen LogP contribution in [0.15, 0.2) is 53.3 Å². The minimum absolute atomic E-state index is 0.613. The molecule has 0 heterocycles. The summed E-state index contributed by atoms with van der Waals surface area (Å²) in [4.78, 5) is 15.9. The van der Waals surface area contributed by atoms with Crippen LogP contribution in [-0.4, -0.2) is 15.7 Å². The van der Waals surface area contributed by atoms with Gasteiger partial charge in [-0.05, 0) is 10.8 Å². The number of benzene rings is 2. The number of hydrogen-bond acceptors (Lipinski definition) is 1. The molecule has 0 atom stereocenters. The summed E-state index contributed by atoms with van der Waals surface area (Å²) in [5, 5.41) is 2.62. The molecule has 18 heavy (non-hydrogen) atoms. The third kappa shape index (κ3) is 5.45. The fourth-order valence-electron chi connectivity index (χ4n) is 1.28. The first kappa shape index (κ1) is 14.2. The van der Waals surface area contributed by atoms with Crippen LogP contribution in [0.3, 0.4) is 0 Å². The number of fused-ring (bicyclic) bond motifs is 1. The average Bonchev–Trinajstić information content (AvgIpc) is 2.27. The van der Waals surface area contributed by atoms with Crippen LogP contribution in [0.5, 0.6) is 0 Å². The molecule has 0 aliphatic carbocycles. The number of guanidine groups is 1. The van der Waals surface area contributed by atoms with Gasteiger partial charge in [0.05, 0.1) is 0 Å². The predicted octanol–water partition coefficient (Wildman–Crippen LogP) is 1.19. The van der Waals surface area contributed by atoms with Gasteiger partial charge in [0.1, 0.15) is 0 Å². The molecule has 2 aromatic rings. The normalized spacial score (nSPS) is 10.3. The van der Waals surface area contributed by atoms with E-state index in [0.717, 1.165) is 0 Å². The lowest BCUT2D eigenvalue weighted by Crippen LogP contribution is -2.22. The van der Waals surface area contributed by atoms with Crippen LogP contribution >= 0.6 is 7.75 Å². The number of nitrogens with zero attached hydrogens (tertiary/aromatic N) is 1. The second kappa shape index (κ2) is 6.16. The van der Waals surface area contributed by atoms with E-state index in [-0.39, 0.29) is 0 Å². The Balaban J connectivity index is 0.000000187. The highest BCUT2D eigenvalue weighted by Crippen LogP contribution is 2.35. The molecule has 2 aromatic carbocycles. The molecule has 7 heteroatoms. The third-order valence-corrected chi connectivity index (χ3v) is 2.40. The summed E-state index contributed by atoms with van der Waals surface area (Å²) in [6, 6.07) is 16.7. The van der Waals surface area contributed by atoms with E-state index in [1.54, 1.807) is 0 Å². The van der Waals surface area contributed by atoms with Crippen molar-refractivity contribution in [1.29, 1.82) is 0 Å². The molecule has 0 saturated heterocycles. The van der Waals surface area contributed by atoms with Crippen molar-refractivity contribution in [2.75, 3.05) is 0 Å². The Morgan fingerprint density at radius 1 is 0.944 bits per heavy atom. The Hall–Kier alpha value is -1.88. The molecule has 0 bridgehead atoms. The van der Waals surface area contributed by atoms with Crippen LogP contribution in [0.2, 0.25) is 0 Å². The lowest BCUT2D eigenvalue weighted by molar-refractivity contribution is 0.375. The molecule has 0 aliphatic rings. The molecule has 0 spiro atoms. The minimum atomic E-state index is -4.38. The SMILES string of the molecule is NC(N)=NP(=O)(O)O.c1ccc2ccccc2c1. The van der Waals surface area contributed by atoms with Crippen molar-refractivity contribution in [3.8, 4) is 0 Å². The molecule has 0 aliphatic heterocycles. The van der Waals surface area contributed by atoms with E-state index in [0.29, 0.717) is 0 Å². The fourth-order valence-corrected chi connectivity index (χ4v) is 1.58. The molecule has 0 saturated carbocycles. The zero-order chi connectivity index (χ0) is 13.6. The van der Waals surface area contributed by atoms with E-state index >= 15 is 0 Å². The fraction of sp³-hybridized carbons (Fsp3) is 0. The summed E-state index contributed by atoms with van der Waals surface area (Å²) in [5.41, 5.74) is 9.23. The van der Waals surface area contributed by atoms with Gasteiger partial charge < -0.3 is 21.3 Å². The van der Waals surface area contributed by atoms with Gasteiger partial charge in [0.15, 0.2) is 5.96 Å². The Morgan fingerprint density at radius 3 is 1.44 bits per heavy atom. The Labute approximate surface area is 104 Å². The van der Waals surface area contributed by atoms with Gasteiger partial charge in [0, 0.05) is 0 Å². The van der Waals surface area contributed by atoms with Gasteiger partial charge in [-0.25, -0.2) is 4.57 Å². The lowest BCUT2D eigenvalue weighted by atomic mass is 10.1. The molecule has 0 amide bonds. The predicted molar refractivity (Wildman–Crippen MR) is 71.8 cm³/mol. The smallest absolute Gasteiger partial charge is 0.370 e. The van der Waals surface area contributed by atoms with Crippen molar-refractivity contribution in [2.45, 2.75) is 0 Å². The first-order chi connectivity index (χ1) is 8.38. The highest BCUT2D eigenvalue weighted by molar-refractivity contribution is 7.50. The summed E-state index contributed by atoms with van der Waals surface area (Å²) < 4.78 is 12.3. The van der Waals surface area contributed by atoms with Gasteiger partial charge in [-0.15, -0.1) is 4.76 Å². The first-order valence-corrected chi connectivity index (χ1v) is 6.55. The summed E-state index contributed by atoms with van der Waals surface area (Å²) in [5.74, 6) is -0.613. The van der Waals surface area contributed by atoms with E-state index in [1.165, 1.54) is 10.8 Å². The zero-order valence-corrected chi connectivity index (χ0v) is 10.4. The molecule has 2 rings (SSSR count). The molecule has 0 fully saturated rings. The molecule has 0 unspecified atom stereocenters. The maximum absolute atomic E-state index is 9.79. The zero-order valence-electron chi connectivity index (χ0n) is 9.47. The Morgan fingerprint density at radius 2 is 1.28 bits per heavy atom. The van der Waals surface area contributed by atoms with Crippen molar-refractivity contribution >= 4 is 24.5 Å². The number of nitrogens with two attached hydrogens (primary N) is 2. The van der Waals surface area contributed by atoms with E-state index in [4.69, 9.17) is 9.79 Å². The maximum atomic E-state index is 9.79. The van der Waals surface area contributed by atoms with E-state index in [9.17, 15) is 4.57 Å². The summed E-state index contributed by atoms with van der Waals surface area (Å²) in [7, 11) is -4.38. The van der Waals surface area contributed by atoms with Gasteiger partial charge in [-0.3, -0.25) is 0 Å². The van der Waals surface area contributed by atoms with Gasteiger partial charge in [0.2, 0.25) is 0 Å². The van der Waals surface area contributed by atoms with Crippen LogP contribution in [0.4, 0.5) is 0 Å². The topological polar surface area (TPSA) is 122 Å². The first-order valence-electron chi connectivity index (χ1n) is 4.99. The number of rotatable bonds is 1. The van der Waals surface area contributed by atoms with Crippen molar-refractivity contribution in [3.63, 3.8) is 0 Å². The van der Waals surface area contributed by atoms with Crippen molar-refractivity contribution in [2.24, 2.45) is 16.2 Å². The highest BCUT2D eigenvalue weighted by atomic mass is 31.2. The second-order valence-electron chi connectivity index (χ2n) is 3.39. The van der Waals surface area contributed by atoms with Crippen molar-refractivity contribution < 1.29 is 14.4 Å². The maximum Gasteiger partial charge on any atom is 0.451 e. The van der Waals surface area contributed by atoms with E-state index in [2.05, 4.69) is 64.8 Å². The molecular formula is C11H14N3O3P.